The number of hydrogen-bond donors (Lipinski definition) is 1. The van der Waals surface area contributed by atoms with E-state index in [0.29, 0.717) is 18.4 Å². The summed E-state index contributed by atoms with van der Waals surface area (Å²) < 4.78 is 83.1. The zero-order valence-electron chi connectivity index (χ0n) is 17.8. The smallest absolute Gasteiger partial charge is 0.406 e. The van der Waals surface area contributed by atoms with Crippen molar-refractivity contribution < 1.29 is 35.6 Å². The predicted octanol–water partition coefficient (Wildman–Crippen LogP) is 4.56. The highest BCUT2D eigenvalue weighted by atomic mass is 19.4. The fraction of sp³-hybridized carbons (Fsp3) is 0.381. The van der Waals surface area contributed by atoms with Crippen LogP contribution in [0.3, 0.4) is 0 Å². The second-order valence-corrected chi connectivity index (χ2v) is 7.90. The monoisotopic (exact) mass is 500 g/mol. The van der Waals surface area contributed by atoms with E-state index >= 15 is 0 Å². The number of nitrogens with one attached hydrogen (secondary N) is 1. The van der Waals surface area contributed by atoms with Crippen molar-refractivity contribution in [1.82, 2.24) is 25.1 Å². The third-order valence-corrected chi connectivity index (χ3v) is 5.11. The van der Waals surface area contributed by atoms with Crippen molar-refractivity contribution >= 4 is 11.9 Å². The van der Waals surface area contributed by atoms with Crippen LogP contribution in [0, 0.1) is 11.7 Å². The number of anilines is 1. The largest absolute Gasteiger partial charge is 0.415 e. The van der Waals surface area contributed by atoms with Gasteiger partial charge in [-0.15, -0.1) is 10.2 Å². The Labute approximate surface area is 194 Å². The number of carbonyl (C=O) groups is 1. The Morgan fingerprint density at radius 2 is 1.77 bits per heavy atom. The number of amides is 1. The van der Waals surface area contributed by atoms with Crippen LogP contribution in [0.5, 0.6) is 0 Å². The third-order valence-electron chi connectivity index (χ3n) is 5.11. The zero-order valence-corrected chi connectivity index (χ0v) is 17.8. The Kier molecular flexibility index (Phi) is 6.89. The van der Waals surface area contributed by atoms with Gasteiger partial charge in [0.05, 0.1) is 11.6 Å². The quantitative estimate of drug-likeness (QED) is 0.431. The highest BCUT2D eigenvalue weighted by Crippen LogP contribution is 2.33. The van der Waals surface area contributed by atoms with Crippen LogP contribution in [0.2, 0.25) is 0 Å². The van der Waals surface area contributed by atoms with Crippen LogP contribution in [0.1, 0.15) is 36.8 Å². The average Bonchev–Trinajstić information content (AvgIpc) is 3.53. The summed E-state index contributed by atoms with van der Waals surface area (Å²) in [6, 6.07) is 4.11. The molecule has 1 aliphatic rings. The minimum atomic E-state index is -4.61. The molecule has 0 saturated heterocycles. The molecule has 0 bridgehead atoms. The van der Waals surface area contributed by atoms with Crippen LogP contribution in [0.25, 0.3) is 11.5 Å². The summed E-state index contributed by atoms with van der Waals surface area (Å²) in [6.07, 6.45) is -4.12. The number of aromatic nitrogens is 4. The first kappa shape index (κ1) is 24.4. The van der Waals surface area contributed by atoms with Gasteiger partial charge in [-0.05, 0) is 30.5 Å². The Balaban J connectivity index is 1.56. The van der Waals surface area contributed by atoms with E-state index in [1.54, 1.807) is 0 Å². The number of rotatable bonds is 9. The zero-order chi connectivity index (χ0) is 25.2. The maximum atomic E-state index is 13.4. The first-order valence-corrected chi connectivity index (χ1v) is 10.4. The van der Waals surface area contributed by atoms with Gasteiger partial charge in [-0.2, -0.15) is 22.0 Å². The van der Waals surface area contributed by atoms with Gasteiger partial charge < -0.3 is 14.6 Å². The minimum Gasteiger partial charge on any atom is -0.415 e. The van der Waals surface area contributed by atoms with Crippen molar-refractivity contribution in [3.8, 4) is 11.5 Å². The average molecular weight is 500 g/mol. The van der Waals surface area contributed by atoms with Gasteiger partial charge in [-0.1, -0.05) is 12.1 Å². The molecule has 0 unspecified atom stereocenters. The van der Waals surface area contributed by atoms with Gasteiger partial charge in [0.1, 0.15) is 12.4 Å². The fourth-order valence-electron chi connectivity index (χ4n) is 3.30. The lowest BCUT2D eigenvalue weighted by Crippen LogP contribution is -2.43. The van der Waals surface area contributed by atoms with Gasteiger partial charge in [0, 0.05) is 24.9 Å². The van der Waals surface area contributed by atoms with Gasteiger partial charge in [0.25, 0.3) is 11.8 Å². The predicted molar refractivity (Wildman–Crippen MR) is 108 cm³/mol. The van der Waals surface area contributed by atoms with E-state index in [-0.39, 0.29) is 23.9 Å². The fourth-order valence-corrected chi connectivity index (χ4v) is 3.30. The maximum Gasteiger partial charge on any atom is 0.406 e. The molecule has 3 aromatic rings. The number of alkyl halides is 5. The maximum absolute atomic E-state index is 13.4. The van der Waals surface area contributed by atoms with Crippen molar-refractivity contribution in [1.29, 1.82) is 0 Å². The summed E-state index contributed by atoms with van der Waals surface area (Å²) in [4.78, 5) is 21.3. The van der Waals surface area contributed by atoms with Gasteiger partial charge >= 0.3 is 12.6 Å². The number of halogens is 6. The number of benzene rings is 1. The molecule has 186 valence electrons. The standard InChI is InChI=1S/C21H18F6N6O2/c22-14-5-3-11(4-6-14)15(9-33(10-21(25,26)27)19(34)12-1-2-12)30-20-28-7-13(8-29-20)17-31-32-18(35-17)16(23)24/h3-8,12,15-16H,1-2,9-10H2,(H,28,29,30)/t15-/m1/s1. The van der Waals surface area contributed by atoms with E-state index < -0.39 is 48.7 Å². The summed E-state index contributed by atoms with van der Waals surface area (Å²) in [5.41, 5.74) is 0.532. The lowest BCUT2D eigenvalue weighted by Gasteiger charge is -2.29. The lowest BCUT2D eigenvalue weighted by molar-refractivity contribution is -0.162. The molecule has 1 saturated carbocycles. The number of nitrogens with zero attached hydrogens (tertiary/aromatic N) is 5. The molecule has 0 radical (unpaired) electrons. The molecule has 1 fully saturated rings. The van der Waals surface area contributed by atoms with Crippen molar-refractivity contribution in [2.45, 2.75) is 31.5 Å². The minimum absolute atomic E-state index is 0.0393. The second kappa shape index (κ2) is 9.88. The highest BCUT2D eigenvalue weighted by molar-refractivity contribution is 5.81. The molecule has 1 amide bonds. The molecule has 4 rings (SSSR count). The van der Waals surface area contributed by atoms with Crippen LogP contribution < -0.4 is 5.32 Å². The van der Waals surface area contributed by atoms with Crippen LogP contribution in [0.4, 0.5) is 32.3 Å². The highest BCUT2D eigenvalue weighted by Gasteiger charge is 2.40. The number of carbonyl (C=O) groups excluding carboxylic acids is 1. The van der Waals surface area contributed by atoms with E-state index in [2.05, 4.69) is 25.5 Å². The number of hydrogen-bond acceptors (Lipinski definition) is 7. The molecule has 8 nitrogen and oxygen atoms in total. The summed E-state index contributed by atoms with van der Waals surface area (Å²) in [5.74, 6) is -2.76. The van der Waals surface area contributed by atoms with Crippen molar-refractivity contribution in [3.63, 3.8) is 0 Å². The summed E-state index contributed by atoms with van der Waals surface area (Å²) in [5, 5.41) is 9.55. The van der Waals surface area contributed by atoms with Crippen molar-refractivity contribution in [3.05, 3.63) is 53.9 Å². The normalized spacial score (nSPS) is 14.7. The van der Waals surface area contributed by atoms with Crippen LogP contribution in [-0.4, -0.2) is 50.2 Å². The lowest BCUT2D eigenvalue weighted by atomic mass is 10.1. The van der Waals surface area contributed by atoms with Crippen LogP contribution in [-0.2, 0) is 4.79 Å². The molecule has 1 atom stereocenters. The molecule has 0 spiro atoms. The van der Waals surface area contributed by atoms with E-state index in [1.807, 2.05) is 0 Å². The van der Waals surface area contributed by atoms with Crippen LogP contribution >= 0.6 is 0 Å². The Morgan fingerprint density at radius 1 is 1.11 bits per heavy atom. The molecule has 1 aromatic carbocycles. The summed E-state index contributed by atoms with van der Waals surface area (Å²) in [6.45, 7) is -1.82. The third kappa shape index (κ3) is 6.45. The van der Waals surface area contributed by atoms with Gasteiger partial charge in [-0.3, -0.25) is 4.79 Å². The first-order valence-electron chi connectivity index (χ1n) is 10.4. The van der Waals surface area contributed by atoms with Crippen molar-refractivity contribution in [2.75, 3.05) is 18.4 Å². The van der Waals surface area contributed by atoms with Crippen molar-refractivity contribution in [2.24, 2.45) is 5.92 Å². The SMILES string of the molecule is O=C(C1CC1)N(C[C@@H](Nc1ncc(-c2nnc(C(F)F)o2)cn1)c1ccc(F)cc1)CC(F)(F)F. The summed E-state index contributed by atoms with van der Waals surface area (Å²) >= 11 is 0. The molecular formula is C21H18F6N6O2. The van der Waals surface area contributed by atoms with Gasteiger partial charge in [0.2, 0.25) is 11.9 Å². The molecule has 35 heavy (non-hydrogen) atoms. The second-order valence-electron chi connectivity index (χ2n) is 7.90. The topological polar surface area (TPSA) is 97.0 Å². The Bertz CT molecular complexity index is 1150. The first-order chi connectivity index (χ1) is 16.6. The molecule has 0 aliphatic heterocycles. The van der Waals surface area contributed by atoms with E-state index in [4.69, 9.17) is 4.42 Å². The van der Waals surface area contributed by atoms with E-state index in [1.165, 1.54) is 24.5 Å². The molecule has 1 N–H and O–H groups in total. The Morgan fingerprint density at radius 3 is 2.31 bits per heavy atom. The molecule has 2 aromatic heterocycles. The molecule has 2 heterocycles. The molecular weight excluding hydrogens is 482 g/mol. The molecule has 14 heteroatoms. The van der Waals surface area contributed by atoms with Crippen LogP contribution in [0.15, 0.2) is 41.1 Å². The van der Waals surface area contributed by atoms with Gasteiger partial charge in [0.15, 0.2) is 0 Å². The van der Waals surface area contributed by atoms with E-state index in [0.717, 1.165) is 17.0 Å². The summed E-state index contributed by atoms with van der Waals surface area (Å²) in [7, 11) is 0. The molecule has 1 aliphatic carbocycles. The van der Waals surface area contributed by atoms with E-state index in [9.17, 15) is 31.1 Å². The Hall–Kier alpha value is -3.71. The van der Waals surface area contributed by atoms with Gasteiger partial charge in [-0.25, -0.2) is 14.4 Å².